The molecule has 2 aromatic heterocycles. The predicted molar refractivity (Wildman–Crippen MR) is 63.4 cm³/mol. The molecular weight excluding hydrogens is 234 g/mol. The van der Waals surface area contributed by atoms with Gasteiger partial charge in [0.25, 0.3) is 5.91 Å². The maximum atomic E-state index is 11.6. The number of carbonyl (C=O) groups excluding carboxylic acids is 1. The zero-order valence-electron chi connectivity index (χ0n) is 9.91. The molecule has 2 heterocycles. The molecule has 0 saturated carbocycles. The SMILES string of the molecule is COCCNC(=O)c1ccc(-n2ccnc2)nn1. The molecule has 0 aliphatic rings. The number of carbonyl (C=O) groups is 1. The molecule has 0 aliphatic carbocycles. The summed E-state index contributed by atoms with van der Waals surface area (Å²) in [6, 6.07) is 3.32. The van der Waals surface area contributed by atoms with Gasteiger partial charge in [-0.05, 0) is 12.1 Å². The van der Waals surface area contributed by atoms with Gasteiger partial charge in [-0.3, -0.25) is 9.36 Å². The van der Waals surface area contributed by atoms with E-state index in [-0.39, 0.29) is 11.6 Å². The molecule has 94 valence electrons. The van der Waals surface area contributed by atoms with Crippen molar-refractivity contribution in [3.05, 3.63) is 36.5 Å². The zero-order chi connectivity index (χ0) is 12.8. The third-order valence-electron chi connectivity index (χ3n) is 2.24. The number of imidazole rings is 1. The number of hydrogen-bond acceptors (Lipinski definition) is 5. The van der Waals surface area contributed by atoms with Crippen LogP contribution in [0.25, 0.3) is 5.82 Å². The number of hydrogen-bond donors (Lipinski definition) is 1. The second-order valence-electron chi connectivity index (χ2n) is 3.50. The third kappa shape index (κ3) is 2.89. The molecule has 0 aliphatic heterocycles. The van der Waals surface area contributed by atoms with Gasteiger partial charge in [0.1, 0.15) is 6.33 Å². The summed E-state index contributed by atoms with van der Waals surface area (Å²) in [5.74, 6) is 0.345. The van der Waals surface area contributed by atoms with E-state index in [1.807, 2.05) is 0 Å². The lowest BCUT2D eigenvalue weighted by Gasteiger charge is -2.04. The van der Waals surface area contributed by atoms with E-state index in [9.17, 15) is 4.79 Å². The number of ether oxygens (including phenoxy) is 1. The standard InChI is InChI=1S/C11H13N5O2/c1-18-7-5-13-11(17)9-2-3-10(15-14-9)16-6-4-12-8-16/h2-4,6,8H,5,7H2,1H3,(H,13,17). The number of nitrogens with one attached hydrogen (secondary N) is 1. The summed E-state index contributed by atoms with van der Waals surface area (Å²) in [4.78, 5) is 15.5. The number of methoxy groups -OCH3 is 1. The lowest BCUT2D eigenvalue weighted by Crippen LogP contribution is -2.28. The van der Waals surface area contributed by atoms with Gasteiger partial charge in [-0.25, -0.2) is 4.98 Å². The highest BCUT2D eigenvalue weighted by Gasteiger charge is 2.07. The third-order valence-corrected chi connectivity index (χ3v) is 2.24. The molecule has 0 unspecified atom stereocenters. The first-order chi connectivity index (χ1) is 8.81. The van der Waals surface area contributed by atoms with Gasteiger partial charge in [0.2, 0.25) is 0 Å². The van der Waals surface area contributed by atoms with Crippen molar-refractivity contribution in [2.75, 3.05) is 20.3 Å². The number of amides is 1. The molecule has 0 saturated heterocycles. The van der Waals surface area contributed by atoms with Crippen molar-refractivity contribution < 1.29 is 9.53 Å². The Morgan fingerprint density at radius 1 is 1.44 bits per heavy atom. The summed E-state index contributed by atoms with van der Waals surface area (Å²) in [5, 5.41) is 10.5. The van der Waals surface area contributed by atoms with Crippen LogP contribution in [0.3, 0.4) is 0 Å². The Hall–Kier alpha value is -2.28. The van der Waals surface area contributed by atoms with Gasteiger partial charge in [0.05, 0.1) is 6.61 Å². The molecule has 1 amide bonds. The van der Waals surface area contributed by atoms with Crippen molar-refractivity contribution >= 4 is 5.91 Å². The largest absolute Gasteiger partial charge is 0.383 e. The van der Waals surface area contributed by atoms with E-state index in [0.29, 0.717) is 19.0 Å². The Bertz CT molecular complexity index is 495. The van der Waals surface area contributed by atoms with Crippen molar-refractivity contribution in [1.29, 1.82) is 0 Å². The van der Waals surface area contributed by atoms with Gasteiger partial charge in [0, 0.05) is 26.0 Å². The van der Waals surface area contributed by atoms with E-state index >= 15 is 0 Å². The minimum atomic E-state index is -0.267. The average molecular weight is 247 g/mol. The van der Waals surface area contributed by atoms with Gasteiger partial charge in [-0.1, -0.05) is 0 Å². The van der Waals surface area contributed by atoms with Crippen LogP contribution in [0.1, 0.15) is 10.5 Å². The molecule has 0 radical (unpaired) electrons. The molecule has 0 bridgehead atoms. The summed E-state index contributed by atoms with van der Waals surface area (Å²) < 4.78 is 6.54. The first-order valence-electron chi connectivity index (χ1n) is 5.40. The average Bonchev–Trinajstić information content (AvgIpc) is 2.93. The molecule has 2 aromatic rings. The fourth-order valence-corrected chi connectivity index (χ4v) is 1.34. The highest BCUT2D eigenvalue weighted by atomic mass is 16.5. The molecule has 18 heavy (non-hydrogen) atoms. The van der Waals surface area contributed by atoms with Gasteiger partial charge in [-0.15, -0.1) is 10.2 Å². The Morgan fingerprint density at radius 3 is 2.94 bits per heavy atom. The van der Waals surface area contributed by atoms with Gasteiger partial charge in [-0.2, -0.15) is 0 Å². The fraction of sp³-hybridized carbons (Fsp3) is 0.273. The summed E-state index contributed by atoms with van der Waals surface area (Å²) in [5.41, 5.74) is 0.273. The van der Waals surface area contributed by atoms with Crippen LogP contribution in [0, 0.1) is 0 Å². The second-order valence-corrected chi connectivity index (χ2v) is 3.50. The lowest BCUT2D eigenvalue weighted by molar-refractivity contribution is 0.0931. The number of nitrogens with zero attached hydrogens (tertiary/aromatic N) is 4. The van der Waals surface area contributed by atoms with E-state index in [4.69, 9.17) is 4.74 Å². The maximum Gasteiger partial charge on any atom is 0.271 e. The Morgan fingerprint density at radius 2 is 2.33 bits per heavy atom. The van der Waals surface area contributed by atoms with E-state index in [2.05, 4.69) is 20.5 Å². The van der Waals surface area contributed by atoms with Crippen LogP contribution in [0.4, 0.5) is 0 Å². The molecule has 7 nitrogen and oxygen atoms in total. The fourth-order valence-electron chi connectivity index (χ4n) is 1.34. The number of rotatable bonds is 5. The predicted octanol–water partition coefficient (Wildman–Crippen LogP) is 0.0385. The molecule has 0 aromatic carbocycles. The first-order valence-corrected chi connectivity index (χ1v) is 5.40. The smallest absolute Gasteiger partial charge is 0.271 e. The molecular formula is C11H13N5O2. The van der Waals surface area contributed by atoms with Crippen molar-refractivity contribution in [2.45, 2.75) is 0 Å². The van der Waals surface area contributed by atoms with Crippen LogP contribution < -0.4 is 5.32 Å². The number of aromatic nitrogens is 4. The highest BCUT2D eigenvalue weighted by molar-refractivity contribution is 5.92. The molecule has 7 heteroatoms. The normalized spacial score (nSPS) is 10.3. The van der Waals surface area contributed by atoms with Crippen LogP contribution in [0.15, 0.2) is 30.9 Å². The molecule has 1 N–H and O–H groups in total. The van der Waals surface area contributed by atoms with Gasteiger partial charge >= 0.3 is 0 Å². The summed E-state index contributed by atoms with van der Waals surface area (Å²) >= 11 is 0. The van der Waals surface area contributed by atoms with E-state index in [1.165, 1.54) is 0 Å². The zero-order valence-corrected chi connectivity index (χ0v) is 9.91. The quantitative estimate of drug-likeness (QED) is 0.754. The lowest BCUT2D eigenvalue weighted by atomic mass is 10.3. The molecule has 0 fully saturated rings. The second kappa shape index (κ2) is 5.87. The highest BCUT2D eigenvalue weighted by Crippen LogP contribution is 2.02. The van der Waals surface area contributed by atoms with E-state index in [0.717, 1.165) is 0 Å². The summed E-state index contributed by atoms with van der Waals surface area (Å²) in [7, 11) is 1.58. The summed E-state index contributed by atoms with van der Waals surface area (Å²) in [6.45, 7) is 0.909. The molecule has 0 spiro atoms. The van der Waals surface area contributed by atoms with Crippen molar-refractivity contribution in [1.82, 2.24) is 25.1 Å². The van der Waals surface area contributed by atoms with Crippen molar-refractivity contribution in [3.63, 3.8) is 0 Å². The van der Waals surface area contributed by atoms with Gasteiger partial charge < -0.3 is 10.1 Å². The van der Waals surface area contributed by atoms with Crippen LogP contribution in [0.5, 0.6) is 0 Å². The van der Waals surface area contributed by atoms with Gasteiger partial charge in [0.15, 0.2) is 11.5 Å². The van der Waals surface area contributed by atoms with E-state index < -0.39 is 0 Å². The summed E-state index contributed by atoms with van der Waals surface area (Å²) in [6.07, 6.45) is 5.01. The topological polar surface area (TPSA) is 81.9 Å². The van der Waals surface area contributed by atoms with Crippen LogP contribution in [0.2, 0.25) is 0 Å². The van der Waals surface area contributed by atoms with Crippen LogP contribution in [-0.2, 0) is 4.74 Å². The maximum absolute atomic E-state index is 11.6. The van der Waals surface area contributed by atoms with Crippen LogP contribution in [-0.4, -0.2) is 45.9 Å². The Balaban J connectivity index is 2.01. The molecule has 2 rings (SSSR count). The van der Waals surface area contributed by atoms with Crippen LogP contribution >= 0.6 is 0 Å². The van der Waals surface area contributed by atoms with Crippen molar-refractivity contribution in [3.8, 4) is 5.82 Å². The first kappa shape index (κ1) is 12.2. The molecule has 0 atom stereocenters. The Labute approximate surface area is 104 Å². The minimum Gasteiger partial charge on any atom is -0.383 e. The monoisotopic (exact) mass is 247 g/mol. The Kier molecular flexibility index (Phi) is 3.98. The minimum absolute atomic E-state index is 0.267. The van der Waals surface area contributed by atoms with Crippen molar-refractivity contribution in [2.24, 2.45) is 0 Å². The van der Waals surface area contributed by atoms with E-state index in [1.54, 1.807) is 42.5 Å².